The Labute approximate surface area is 131 Å². The SMILES string of the molecule is CCOc1ccc(NC(=O)CN(C)CCC#N)cc1OCC. The molecular weight excluding hydrogens is 282 g/mol. The number of carbonyl (C=O) groups excluding carboxylic acids is 1. The van der Waals surface area contributed by atoms with Crippen LogP contribution in [0, 0.1) is 11.3 Å². The van der Waals surface area contributed by atoms with Crippen molar-refractivity contribution in [3.05, 3.63) is 18.2 Å². The van der Waals surface area contributed by atoms with Crippen LogP contribution in [0.5, 0.6) is 11.5 Å². The molecule has 1 aromatic carbocycles. The molecule has 120 valence electrons. The van der Waals surface area contributed by atoms with Crippen LogP contribution in [0.4, 0.5) is 5.69 Å². The van der Waals surface area contributed by atoms with Gasteiger partial charge in [-0.1, -0.05) is 0 Å². The molecule has 0 aliphatic heterocycles. The number of nitrogens with one attached hydrogen (secondary N) is 1. The molecule has 1 rings (SSSR count). The molecule has 0 bridgehead atoms. The Morgan fingerprint density at radius 3 is 2.59 bits per heavy atom. The lowest BCUT2D eigenvalue weighted by atomic mass is 10.2. The van der Waals surface area contributed by atoms with Gasteiger partial charge >= 0.3 is 0 Å². The second-order valence-electron chi connectivity index (χ2n) is 4.72. The summed E-state index contributed by atoms with van der Waals surface area (Å²) in [5, 5.41) is 11.4. The molecule has 1 amide bonds. The van der Waals surface area contributed by atoms with Crippen LogP contribution in [0.3, 0.4) is 0 Å². The molecule has 6 nitrogen and oxygen atoms in total. The lowest BCUT2D eigenvalue weighted by Gasteiger charge is -2.16. The third-order valence-corrected chi connectivity index (χ3v) is 2.85. The van der Waals surface area contributed by atoms with Crippen molar-refractivity contribution in [1.29, 1.82) is 5.26 Å². The summed E-state index contributed by atoms with van der Waals surface area (Å²) in [6.45, 7) is 5.67. The van der Waals surface area contributed by atoms with Crippen molar-refractivity contribution in [3.63, 3.8) is 0 Å². The molecule has 0 atom stereocenters. The zero-order valence-corrected chi connectivity index (χ0v) is 13.4. The molecule has 1 aromatic rings. The average Bonchev–Trinajstić information content (AvgIpc) is 2.48. The van der Waals surface area contributed by atoms with E-state index in [1.165, 1.54) is 0 Å². The standard InChI is InChI=1S/C16H23N3O3/c1-4-21-14-8-7-13(11-15(14)22-5-2)18-16(20)12-19(3)10-6-9-17/h7-8,11H,4-6,10,12H2,1-3H3,(H,18,20). The van der Waals surface area contributed by atoms with Crippen LogP contribution in [0.15, 0.2) is 18.2 Å². The van der Waals surface area contributed by atoms with Crippen LogP contribution < -0.4 is 14.8 Å². The molecule has 6 heteroatoms. The van der Waals surface area contributed by atoms with E-state index < -0.39 is 0 Å². The fourth-order valence-electron chi connectivity index (χ4n) is 1.89. The number of nitriles is 1. The van der Waals surface area contributed by atoms with Crippen LogP contribution in [-0.2, 0) is 4.79 Å². The number of benzene rings is 1. The molecule has 0 fully saturated rings. The maximum atomic E-state index is 12.0. The minimum absolute atomic E-state index is 0.132. The maximum absolute atomic E-state index is 12.0. The van der Waals surface area contributed by atoms with Gasteiger partial charge in [-0.3, -0.25) is 9.69 Å². The lowest BCUT2D eigenvalue weighted by Crippen LogP contribution is -2.30. The van der Waals surface area contributed by atoms with Gasteiger partial charge < -0.3 is 14.8 Å². The van der Waals surface area contributed by atoms with Gasteiger partial charge in [0.1, 0.15) is 0 Å². The molecule has 0 aromatic heterocycles. The van der Waals surface area contributed by atoms with Crippen LogP contribution in [0.1, 0.15) is 20.3 Å². The highest BCUT2D eigenvalue weighted by molar-refractivity contribution is 5.92. The predicted octanol–water partition coefficient (Wildman–Crippen LogP) is 2.27. The number of carbonyl (C=O) groups is 1. The molecule has 0 saturated carbocycles. The molecule has 22 heavy (non-hydrogen) atoms. The highest BCUT2D eigenvalue weighted by atomic mass is 16.5. The van der Waals surface area contributed by atoms with E-state index in [9.17, 15) is 4.79 Å². The number of rotatable bonds is 9. The number of nitrogens with zero attached hydrogens (tertiary/aromatic N) is 2. The van der Waals surface area contributed by atoms with E-state index in [1.807, 2.05) is 13.8 Å². The summed E-state index contributed by atoms with van der Waals surface area (Å²) in [6.07, 6.45) is 0.404. The molecular formula is C16H23N3O3. The number of anilines is 1. The first kappa shape index (κ1) is 17.8. The van der Waals surface area contributed by atoms with Gasteiger partial charge in [-0.15, -0.1) is 0 Å². The van der Waals surface area contributed by atoms with Crippen molar-refractivity contribution in [1.82, 2.24) is 4.90 Å². The molecule has 0 spiro atoms. The van der Waals surface area contributed by atoms with Crippen LogP contribution >= 0.6 is 0 Å². The monoisotopic (exact) mass is 305 g/mol. The lowest BCUT2D eigenvalue weighted by molar-refractivity contribution is -0.117. The Kier molecular flexibility index (Phi) is 7.79. The quantitative estimate of drug-likeness (QED) is 0.757. The van der Waals surface area contributed by atoms with E-state index >= 15 is 0 Å². The summed E-state index contributed by atoms with van der Waals surface area (Å²) in [4.78, 5) is 13.8. The van der Waals surface area contributed by atoms with Crippen molar-refractivity contribution >= 4 is 11.6 Å². The Bertz CT molecular complexity index is 526. The van der Waals surface area contributed by atoms with E-state index in [2.05, 4.69) is 11.4 Å². The summed E-state index contributed by atoms with van der Waals surface area (Å²) in [5.41, 5.74) is 0.658. The molecule has 0 aliphatic rings. The third-order valence-electron chi connectivity index (χ3n) is 2.85. The van der Waals surface area contributed by atoms with E-state index in [-0.39, 0.29) is 12.5 Å². The smallest absolute Gasteiger partial charge is 0.238 e. The normalized spacial score (nSPS) is 10.1. The maximum Gasteiger partial charge on any atom is 0.238 e. The first-order chi connectivity index (χ1) is 10.6. The minimum atomic E-state index is -0.132. The Morgan fingerprint density at radius 2 is 1.95 bits per heavy atom. The molecule has 1 N–H and O–H groups in total. The highest BCUT2D eigenvalue weighted by Crippen LogP contribution is 2.30. The fraction of sp³-hybridized carbons (Fsp3) is 0.500. The summed E-state index contributed by atoms with van der Waals surface area (Å²) >= 11 is 0. The summed E-state index contributed by atoms with van der Waals surface area (Å²) in [6, 6.07) is 7.37. The van der Waals surface area contributed by atoms with Crippen LogP contribution in [0.25, 0.3) is 0 Å². The number of ether oxygens (including phenoxy) is 2. The van der Waals surface area contributed by atoms with E-state index in [0.717, 1.165) is 0 Å². The van der Waals surface area contributed by atoms with Crippen molar-refractivity contribution in [2.24, 2.45) is 0 Å². The van der Waals surface area contributed by atoms with Crippen LogP contribution in [0.2, 0.25) is 0 Å². The molecule has 0 aliphatic carbocycles. The van der Waals surface area contributed by atoms with Gasteiger partial charge in [-0.25, -0.2) is 0 Å². The van der Waals surface area contributed by atoms with Crippen molar-refractivity contribution in [3.8, 4) is 17.6 Å². The van der Waals surface area contributed by atoms with Gasteiger partial charge in [0.2, 0.25) is 5.91 Å². The first-order valence-electron chi connectivity index (χ1n) is 7.35. The fourth-order valence-corrected chi connectivity index (χ4v) is 1.89. The molecule has 0 unspecified atom stereocenters. The van der Waals surface area contributed by atoms with Crippen LogP contribution in [-0.4, -0.2) is 44.2 Å². The summed E-state index contributed by atoms with van der Waals surface area (Å²) in [5.74, 6) is 1.14. The summed E-state index contributed by atoms with van der Waals surface area (Å²) < 4.78 is 11.0. The zero-order chi connectivity index (χ0) is 16.4. The van der Waals surface area contributed by atoms with Crippen molar-refractivity contribution in [2.45, 2.75) is 20.3 Å². The zero-order valence-electron chi connectivity index (χ0n) is 13.4. The molecule has 0 radical (unpaired) electrons. The number of hydrogen-bond acceptors (Lipinski definition) is 5. The third kappa shape index (κ3) is 6.02. The predicted molar refractivity (Wildman–Crippen MR) is 85.1 cm³/mol. The first-order valence-corrected chi connectivity index (χ1v) is 7.35. The molecule has 0 saturated heterocycles. The number of likely N-dealkylation sites (N-methyl/N-ethyl adjacent to an activating group) is 1. The number of amides is 1. The second kappa shape index (κ2) is 9.64. The minimum Gasteiger partial charge on any atom is -0.490 e. The van der Waals surface area contributed by atoms with Gasteiger partial charge in [0.15, 0.2) is 11.5 Å². The topological polar surface area (TPSA) is 74.6 Å². The Hall–Kier alpha value is -2.26. The van der Waals surface area contributed by atoms with E-state index in [4.69, 9.17) is 14.7 Å². The van der Waals surface area contributed by atoms with Gasteiger partial charge in [-0.05, 0) is 33.0 Å². The molecule has 0 heterocycles. The van der Waals surface area contributed by atoms with Gasteiger partial charge in [-0.2, -0.15) is 5.26 Å². The van der Waals surface area contributed by atoms with Gasteiger partial charge in [0.25, 0.3) is 0 Å². The second-order valence-corrected chi connectivity index (χ2v) is 4.72. The van der Waals surface area contributed by atoms with Gasteiger partial charge in [0, 0.05) is 24.7 Å². The van der Waals surface area contributed by atoms with E-state index in [1.54, 1.807) is 30.1 Å². The summed E-state index contributed by atoms with van der Waals surface area (Å²) in [7, 11) is 1.81. The van der Waals surface area contributed by atoms with Gasteiger partial charge in [0.05, 0.1) is 25.8 Å². The largest absolute Gasteiger partial charge is 0.490 e. The van der Waals surface area contributed by atoms with Crippen molar-refractivity contribution < 1.29 is 14.3 Å². The number of hydrogen-bond donors (Lipinski definition) is 1. The highest BCUT2D eigenvalue weighted by Gasteiger charge is 2.10. The van der Waals surface area contributed by atoms with Crippen molar-refractivity contribution in [2.75, 3.05) is 38.7 Å². The Balaban J connectivity index is 2.66. The average molecular weight is 305 g/mol. The van der Waals surface area contributed by atoms with E-state index in [0.29, 0.717) is 43.4 Å². The Morgan fingerprint density at radius 1 is 1.27 bits per heavy atom.